The van der Waals surface area contributed by atoms with Crippen LogP contribution in [0.15, 0.2) is 34.9 Å². The van der Waals surface area contributed by atoms with E-state index in [-0.39, 0.29) is 24.2 Å². The zero-order chi connectivity index (χ0) is 15.2. The summed E-state index contributed by atoms with van der Waals surface area (Å²) in [6.07, 6.45) is 2.64. The second kappa shape index (κ2) is 9.25. The lowest BCUT2D eigenvalue weighted by Gasteiger charge is -2.09. The summed E-state index contributed by atoms with van der Waals surface area (Å²) in [5.74, 6) is -0.0832. The van der Waals surface area contributed by atoms with E-state index in [9.17, 15) is 4.79 Å². The van der Waals surface area contributed by atoms with Gasteiger partial charge in [-0.15, -0.1) is 23.7 Å². The lowest BCUT2D eigenvalue weighted by Crippen LogP contribution is -2.28. The topological polar surface area (TPSA) is 54.0 Å². The molecule has 0 radical (unpaired) electrons. The van der Waals surface area contributed by atoms with E-state index >= 15 is 0 Å². The minimum absolute atomic E-state index is 0. The summed E-state index contributed by atoms with van der Waals surface area (Å²) in [7, 11) is 1.84. The molecule has 22 heavy (non-hydrogen) atoms. The Kier molecular flexibility index (Phi) is 8.03. The number of thiazole rings is 1. The van der Waals surface area contributed by atoms with E-state index in [1.807, 2.05) is 32.3 Å². The van der Waals surface area contributed by atoms with E-state index in [1.165, 1.54) is 16.9 Å². The molecule has 2 aromatic rings. The SMILES string of the molecule is CNCC(C)C(=O)Nc1ncc(Cc2cccc(Br)c2)s1.Cl. The maximum absolute atomic E-state index is 11.9. The number of hydrogen-bond donors (Lipinski definition) is 2. The minimum atomic E-state index is -0.0765. The second-order valence-corrected chi connectivity index (χ2v) is 6.92. The van der Waals surface area contributed by atoms with Crippen molar-refractivity contribution in [3.8, 4) is 0 Å². The van der Waals surface area contributed by atoms with Gasteiger partial charge >= 0.3 is 0 Å². The molecule has 0 spiro atoms. The normalized spacial score (nSPS) is 11.6. The third-order valence-corrected chi connectivity index (χ3v) is 4.41. The zero-order valence-corrected chi connectivity index (χ0v) is 15.6. The number of benzene rings is 1. The number of hydrogen-bond acceptors (Lipinski definition) is 4. The molecule has 0 saturated heterocycles. The molecule has 1 heterocycles. The van der Waals surface area contributed by atoms with Gasteiger partial charge in [-0.1, -0.05) is 35.0 Å². The van der Waals surface area contributed by atoms with Crippen molar-refractivity contribution in [1.29, 1.82) is 0 Å². The molecular formula is C15H19BrClN3OS. The van der Waals surface area contributed by atoms with Gasteiger partial charge in [0.15, 0.2) is 5.13 Å². The summed E-state index contributed by atoms with van der Waals surface area (Å²) >= 11 is 4.99. The number of aromatic nitrogens is 1. The Balaban J connectivity index is 0.00000242. The number of carbonyl (C=O) groups is 1. The number of halogens is 2. The Morgan fingerprint density at radius 2 is 2.23 bits per heavy atom. The Labute approximate surface area is 149 Å². The highest BCUT2D eigenvalue weighted by Crippen LogP contribution is 2.22. The predicted molar refractivity (Wildman–Crippen MR) is 98.0 cm³/mol. The Morgan fingerprint density at radius 1 is 1.45 bits per heavy atom. The standard InChI is InChI=1S/C15H18BrN3OS.ClH/c1-10(8-17-2)14(20)19-15-18-9-13(21-15)7-11-4-3-5-12(16)6-11;/h3-6,9-10,17H,7-8H2,1-2H3,(H,18,19,20);1H. The highest BCUT2D eigenvalue weighted by atomic mass is 79.9. The van der Waals surface area contributed by atoms with E-state index in [0.717, 1.165) is 15.8 Å². The van der Waals surface area contributed by atoms with Crippen LogP contribution in [0.4, 0.5) is 5.13 Å². The maximum atomic E-state index is 11.9. The van der Waals surface area contributed by atoms with Gasteiger partial charge in [-0.25, -0.2) is 4.98 Å². The van der Waals surface area contributed by atoms with Gasteiger partial charge in [0.05, 0.1) is 0 Å². The minimum Gasteiger partial charge on any atom is -0.319 e. The van der Waals surface area contributed by atoms with Gasteiger partial charge in [0.2, 0.25) is 5.91 Å². The van der Waals surface area contributed by atoms with Crippen LogP contribution >= 0.6 is 39.7 Å². The quantitative estimate of drug-likeness (QED) is 0.771. The van der Waals surface area contributed by atoms with Crippen LogP contribution in [0.5, 0.6) is 0 Å². The average molecular weight is 405 g/mol. The van der Waals surface area contributed by atoms with Crippen LogP contribution in [-0.4, -0.2) is 24.5 Å². The van der Waals surface area contributed by atoms with Crippen molar-refractivity contribution in [2.45, 2.75) is 13.3 Å². The molecule has 120 valence electrons. The molecule has 0 aliphatic rings. The first-order valence-electron chi connectivity index (χ1n) is 6.73. The number of carbonyl (C=O) groups excluding carboxylic acids is 1. The molecule has 0 bridgehead atoms. The summed E-state index contributed by atoms with van der Waals surface area (Å²) in [5, 5.41) is 6.52. The highest BCUT2D eigenvalue weighted by molar-refractivity contribution is 9.10. The first kappa shape index (κ1) is 19.1. The molecular weight excluding hydrogens is 386 g/mol. The van der Waals surface area contributed by atoms with Crippen molar-refractivity contribution >= 4 is 50.7 Å². The second-order valence-electron chi connectivity index (χ2n) is 4.89. The molecule has 4 nitrogen and oxygen atoms in total. The molecule has 7 heteroatoms. The summed E-state index contributed by atoms with van der Waals surface area (Å²) < 4.78 is 1.07. The molecule has 1 unspecified atom stereocenters. The Bertz CT molecular complexity index is 620. The Morgan fingerprint density at radius 3 is 2.91 bits per heavy atom. The van der Waals surface area contributed by atoms with E-state index in [2.05, 4.69) is 43.7 Å². The van der Waals surface area contributed by atoms with Crippen LogP contribution in [0.3, 0.4) is 0 Å². The van der Waals surface area contributed by atoms with Crippen molar-refractivity contribution in [1.82, 2.24) is 10.3 Å². The summed E-state index contributed by atoms with van der Waals surface area (Å²) in [4.78, 5) is 17.3. The van der Waals surface area contributed by atoms with Gasteiger partial charge < -0.3 is 10.6 Å². The number of nitrogens with one attached hydrogen (secondary N) is 2. The van der Waals surface area contributed by atoms with E-state index in [4.69, 9.17) is 0 Å². The van der Waals surface area contributed by atoms with Crippen LogP contribution in [-0.2, 0) is 11.2 Å². The van der Waals surface area contributed by atoms with Gasteiger partial charge in [0.25, 0.3) is 0 Å². The summed E-state index contributed by atoms with van der Waals surface area (Å²) in [5.41, 5.74) is 1.22. The van der Waals surface area contributed by atoms with E-state index in [0.29, 0.717) is 11.7 Å². The third kappa shape index (κ3) is 5.68. The number of rotatable bonds is 6. The number of amides is 1. The maximum Gasteiger partial charge on any atom is 0.230 e. The van der Waals surface area contributed by atoms with Crippen LogP contribution in [0, 0.1) is 5.92 Å². The fraction of sp³-hybridized carbons (Fsp3) is 0.333. The molecule has 1 aromatic carbocycles. The highest BCUT2D eigenvalue weighted by Gasteiger charge is 2.13. The Hall–Kier alpha value is -0.950. The van der Waals surface area contributed by atoms with Crippen molar-refractivity contribution < 1.29 is 4.79 Å². The fourth-order valence-corrected chi connectivity index (χ4v) is 3.22. The molecule has 0 fully saturated rings. The molecule has 0 aliphatic carbocycles. The van der Waals surface area contributed by atoms with Crippen LogP contribution in [0.1, 0.15) is 17.4 Å². The summed E-state index contributed by atoms with van der Waals surface area (Å²) in [6, 6.07) is 8.19. The smallest absolute Gasteiger partial charge is 0.230 e. The van der Waals surface area contributed by atoms with Gasteiger partial charge in [0.1, 0.15) is 0 Å². The molecule has 2 rings (SSSR count). The lowest BCUT2D eigenvalue weighted by molar-refractivity contribution is -0.119. The predicted octanol–water partition coefficient (Wildman–Crippen LogP) is 3.71. The molecule has 2 N–H and O–H groups in total. The lowest BCUT2D eigenvalue weighted by atomic mass is 10.1. The fourth-order valence-electron chi connectivity index (χ4n) is 1.92. The summed E-state index contributed by atoms with van der Waals surface area (Å²) in [6.45, 7) is 2.55. The first-order valence-corrected chi connectivity index (χ1v) is 8.34. The zero-order valence-electron chi connectivity index (χ0n) is 12.4. The largest absolute Gasteiger partial charge is 0.319 e. The third-order valence-electron chi connectivity index (χ3n) is 3.01. The monoisotopic (exact) mass is 403 g/mol. The van der Waals surface area contributed by atoms with Gasteiger partial charge in [-0.3, -0.25) is 4.79 Å². The van der Waals surface area contributed by atoms with E-state index in [1.54, 1.807) is 0 Å². The van der Waals surface area contributed by atoms with Gasteiger partial charge in [0, 0.05) is 34.4 Å². The van der Waals surface area contributed by atoms with Crippen LogP contribution in [0.2, 0.25) is 0 Å². The van der Waals surface area contributed by atoms with Crippen LogP contribution in [0.25, 0.3) is 0 Å². The molecule has 0 saturated carbocycles. The molecule has 1 atom stereocenters. The number of nitrogens with zero attached hydrogens (tertiary/aromatic N) is 1. The molecule has 0 aliphatic heterocycles. The van der Waals surface area contributed by atoms with Crippen LogP contribution < -0.4 is 10.6 Å². The molecule has 1 aromatic heterocycles. The number of anilines is 1. The molecule has 1 amide bonds. The average Bonchev–Trinajstić information content (AvgIpc) is 2.86. The van der Waals surface area contributed by atoms with Gasteiger partial charge in [-0.2, -0.15) is 0 Å². The van der Waals surface area contributed by atoms with Crippen molar-refractivity contribution in [2.24, 2.45) is 5.92 Å². The van der Waals surface area contributed by atoms with Gasteiger partial charge in [-0.05, 0) is 24.7 Å². The van der Waals surface area contributed by atoms with Crippen molar-refractivity contribution in [3.63, 3.8) is 0 Å². The van der Waals surface area contributed by atoms with Crippen molar-refractivity contribution in [3.05, 3.63) is 45.4 Å². The van der Waals surface area contributed by atoms with Crippen molar-refractivity contribution in [2.75, 3.05) is 18.9 Å². The van der Waals surface area contributed by atoms with E-state index < -0.39 is 0 Å². The first-order chi connectivity index (χ1) is 10.1.